The van der Waals surface area contributed by atoms with E-state index in [-0.39, 0.29) is 16.1 Å². The number of carbonyl (C=O) groups excluding carboxylic acids is 2. The average Bonchev–Trinajstić information content (AvgIpc) is 3.02. The quantitative estimate of drug-likeness (QED) is 0.666. The zero-order valence-corrected chi connectivity index (χ0v) is 15.0. The molecule has 0 saturated heterocycles. The fourth-order valence-corrected chi connectivity index (χ4v) is 3.24. The van der Waals surface area contributed by atoms with Gasteiger partial charge in [-0.05, 0) is 35.9 Å². The van der Waals surface area contributed by atoms with E-state index in [1.54, 1.807) is 61.7 Å². The fourth-order valence-electron chi connectivity index (χ4n) is 3.12. The number of carbonyl (C=O) groups is 2. The van der Waals surface area contributed by atoms with Crippen molar-refractivity contribution < 1.29 is 9.59 Å². The maximum atomic E-state index is 13.0. The molecule has 2 aromatic carbocycles. The maximum Gasteiger partial charge on any atom is 0.271 e. The molecule has 0 radical (unpaired) electrons. The Balaban J connectivity index is 2.03. The van der Waals surface area contributed by atoms with Gasteiger partial charge in [0.25, 0.3) is 11.5 Å². The molecule has 27 heavy (non-hydrogen) atoms. The van der Waals surface area contributed by atoms with Gasteiger partial charge in [0.1, 0.15) is 5.57 Å². The number of ketones is 1. The lowest BCUT2D eigenvalue weighted by Gasteiger charge is -2.25. The summed E-state index contributed by atoms with van der Waals surface area (Å²) in [6, 6.07) is 13.8. The van der Waals surface area contributed by atoms with Gasteiger partial charge in [0.15, 0.2) is 0 Å². The number of Topliss-reactive ketones (excluding diaryl/α,β-unsaturated/α-hetero) is 1. The molecule has 0 bridgehead atoms. The van der Waals surface area contributed by atoms with E-state index in [0.29, 0.717) is 16.3 Å². The summed E-state index contributed by atoms with van der Waals surface area (Å²) in [6.45, 7) is 0. The highest BCUT2D eigenvalue weighted by atomic mass is 35.5. The Morgan fingerprint density at radius 3 is 2.41 bits per heavy atom. The average molecular weight is 380 g/mol. The van der Waals surface area contributed by atoms with E-state index in [4.69, 9.17) is 11.6 Å². The van der Waals surface area contributed by atoms with Crippen molar-refractivity contribution in [1.29, 1.82) is 0 Å². The van der Waals surface area contributed by atoms with E-state index in [9.17, 15) is 14.4 Å². The van der Waals surface area contributed by atoms with E-state index in [2.05, 4.69) is 10.2 Å². The van der Waals surface area contributed by atoms with Crippen molar-refractivity contribution in [3.05, 3.63) is 85.6 Å². The Morgan fingerprint density at radius 1 is 0.963 bits per heavy atom. The zero-order valence-electron chi connectivity index (χ0n) is 14.2. The molecule has 0 fully saturated rings. The minimum Gasteiger partial charge on any atom is -0.310 e. The first-order chi connectivity index (χ1) is 13.0. The van der Waals surface area contributed by atoms with Gasteiger partial charge in [-0.15, -0.1) is 0 Å². The Hall–Kier alpha value is -3.38. The number of amides is 1. The number of hydrogen-bond donors (Lipinski definition) is 2. The maximum absolute atomic E-state index is 13.0. The molecule has 0 unspecified atom stereocenters. The number of aromatic amines is 2. The summed E-state index contributed by atoms with van der Waals surface area (Å²) in [5.74, 6) is -0.894. The third-order valence-corrected chi connectivity index (χ3v) is 4.75. The lowest BCUT2D eigenvalue weighted by molar-refractivity contribution is -0.113. The molecule has 1 aliphatic rings. The van der Waals surface area contributed by atoms with E-state index < -0.39 is 17.2 Å². The Bertz CT molecular complexity index is 1250. The smallest absolute Gasteiger partial charge is 0.271 e. The SMILES string of the molecule is CN1C(=O)/C(=c2\[nH][nH]c(=O)\c2=C/c2ccc(Cl)cc2)C(=O)c2ccccc21. The van der Waals surface area contributed by atoms with Crippen LogP contribution in [0.1, 0.15) is 15.9 Å². The highest BCUT2D eigenvalue weighted by Gasteiger charge is 2.33. The van der Waals surface area contributed by atoms with Crippen LogP contribution in [-0.4, -0.2) is 28.9 Å². The lowest BCUT2D eigenvalue weighted by atomic mass is 9.95. The molecule has 1 amide bonds. The molecule has 0 spiro atoms. The van der Waals surface area contributed by atoms with E-state index in [1.165, 1.54) is 4.90 Å². The van der Waals surface area contributed by atoms with Crippen LogP contribution in [0.2, 0.25) is 5.02 Å². The van der Waals surface area contributed by atoms with Crippen LogP contribution in [0.5, 0.6) is 0 Å². The number of para-hydroxylation sites is 1. The van der Waals surface area contributed by atoms with Gasteiger partial charge in [-0.2, -0.15) is 0 Å². The number of nitrogens with one attached hydrogen (secondary N) is 2. The van der Waals surface area contributed by atoms with Crippen molar-refractivity contribution in [1.82, 2.24) is 10.2 Å². The van der Waals surface area contributed by atoms with Crippen LogP contribution in [0.15, 0.2) is 53.3 Å². The van der Waals surface area contributed by atoms with Gasteiger partial charge in [0.2, 0.25) is 5.78 Å². The molecule has 0 saturated carbocycles. The third-order valence-electron chi connectivity index (χ3n) is 4.50. The number of H-pyrrole nitrogens is 2. The normalized spacial score (nSPS) is 16.7. The van der Waals surface area contributed by atoms with Crippen LogP contribution in [-0.2, 0) is 4.79 Å². The molecule has 134 valence electrons. The van der Waals surface area contributed by atoms with Crippen molar-refractivity contribution in [2.75, 3.05) is 11.9 Å². The topological polar surface area (TPSA) is 86.0 Å². The molecule has 2 N–H and O–H groups in total. The van der Waals surface area contributed by atoms with Crippen molar-refractivity contribution in [3.8, 4) is 0 Å². The standard InChI is InChI=1S/C20H14ClN3O3/c1-24-15-5-3-2-4-13(15)18(25)16(20(24)27)17-14(19(26)23-22-17)10-11-6-8-12(21)9-7-11/h2-10,22H,1H3,(H,23,26)/b14-10-,17-16-. The summed E-state index contributed by atoms with van der Waals surface area (Å²) in [5, 5.41) is 6.10. The summed E-state index contributed by atoms with van der Waals surface area (Å²) in [4.78, 5) is 39.5. The van der Waals surface area contributed by atoms with Crippen LogP contribution < -0.4 is 21.0 Å². The minimum atomic E-state index is -0.472. The number of anilines is 1. The number of fused-ring (bicyclic) bond motifs is 1. The number of aromatic nitrogens is 2. The van der Waals surface area contributed by atoms with E-state index >= 15 is 0 Å². The van der Waals surface area contributed by atoms with Crippen LogP contribution in [0.4, 0.5) is 5.69 Å². The lowest BCUT2D eigenvalue weighted by Crippen LogP contribution is -2.44. The second-order valence-electron chi connectivity index (χ2n) is 6.15. The van der Waals surface area contributed by atoms with E-state index in [1.807, 2.05) is 0 Å². The van der Waals surface area contributed by atoms with Gasteiger partial charge >= 0.3 is 0 Å². The number of rotatable bonds is 1. The molecule has 0 atom stereocenters. The second-order valence-corrected chi connectivity index (χ2v) is 6.59. The van der Waals surface area contributed by atoms with Crippen LogP contribution in [0, 0.1) is 0 Å². The van der Waals surface area contributed by atoms with Crippen LogP contribution in [0.3, 0.4) is 0 Å². The molecule has 1 aliphatic heterocycles. The number of nitrogens with zero attached hydrogens (tertiary/aromatic N) is 1. The Morgan fingerprint density at radius 2 is 1.67 bits per heavy atom. The van der Waals surface area contributed by atoms with Gasteiger partial charge in [0, 0.05) is 17.6 Å². The third kappa shape index (κ3) is 2.80. The molecular weight excluding hydrogens is 366 g/mol. The summed E-state index contributed by atoms with van der Waals surface area (Å²) in [7, 11) is 1.60. The molecular formula is C20H14ClN3O3. The zero-order chi connectivity index (χ0) is 19.1. The number of benzene rings is 2. The first-order valence-corrected chi connectivity index (χ1v) is 8.55. The summed E-state index contributed by atoms with van der Waals surface area (Å²) < 4.78 is 0. The first-order valence-electron chi connectivity index (χ1n) is 8.17. The largest absolute Gasteiger partial charge is 0.310 e. The predicted molar refractivity (Wildman–Crippen MR) is 103 cm³/mol. The highest BCUT2D eigenvalue weighted by Crippen LogP contribution is 2.28. The molecule has 1 aromatic heterocycles. The summed E-state index contributed by atoms with van der Waals surface area (Å²) in [5.41, 5.74) is 1.17. The monoisotopic (exact) mass is 379 g/mol. The van der Waals surface area contributed by atoms with Crippen molar-refractivity contribution in [3.63, 3.8) is 0 Å². The van der Waals surface area contributed by atoms with Crippen LogP contribution in [0.25, 0.3) is 11.6 Å². The van der Waals surface area contributed by atoms with E-state index in [0.717, 1.165) is 5.56 Å². The van der Waals surface area contributed by atoms with Crippen molar-refractivity contribution in [2.24, 2.45) is 0 Å². The molecule has 4 rings (SSSR count). The van der Waals surface area contributed by atoms with Gasteiger partial charge < -0.3 is 4.90 Å². The van der Waals surface area contributed by atoms with Gasteiger partial charge in [-0.3, -0.25) is 24.6 Å². The fraction of sp³-hybridized carbons (Fsp3) is 0.0500. The molecule has 6 nitrogen and oxygen atoms in total. The van der Waals surface area contributed by atoms with Gasteiger partial charge in [0.05, 0.1) is 16.3 Å². The first kappa shape index (κ1) is 17.1. The molecule has 2 heterocycles. The molecule has 7 heteroatoms. The highest BCUT2D eigenvalue weighted by molar-refractivity contribution is 6.51. The molecule has 3 aromatic rings. The van der Waals surface area contributed by atoms with Gasteiger partial charge in [-0.25, -0.2) is 0 Å². The minimum absolute atomic E-state index is 0.0743. The second kappa shape index (κ2) is 6.41. The number of hydrogen-bond acceptors (Lipinski definition) is 3. The molecule has 0 aliphatic carbocycles. The predicted octanol–water partition coefficient (Wildman–Crippen LogP) is 1.20. The van der Waals surface area contributed by atoms with Gasteiger partial charge in [-0.1, -0.05) is 35.9 Å². The van der Waals surface area contributed by atoms with Crippen molar-refractivity contribution in [2.45, 2.75) is 0 Å². The Kier molecular flexibility index (Phi) is 4.05. The summed E-state index contributed by atoms with van der Waals surface area (Å²) in [6.07, 6.45) is 1.61. The summed E-state index contributed by atoms with van der Waals surface area (Å²) >= 11 is 5.89. The van der Waals surface area contributed by atoms with Crippen molar-refractivity contribution >= 4 is 40.6 Å². The Labute approximate surface area is 158 Å². The van der Waals surface area contributed by atoms with Crippen LogP contribution >= 0.6 is 11.6 Å². The number of halogens is 1.